The number of nitrogens with one attached hydrogen (secondary N) is 2. The number of amides is 1. The average molecular weight is 286 g/mol. The van der Waals surface area contributed by atoms with Crippen LogP contribution in [-0.2, 0) is 4.74 Å². The summed E-state index contributed by atoms with van der Waals surface area (Å²) < 4.78 is 5.26. The Hall–Kier alpha value is -0.810. The summed E-state index contributed by atoms with van der Waals surface area (Å²) in [5.74, 6) is 0.408. The van der Waals surface area contributed by atoms with E-state index in [1.165, 1.54) is 12.8 Å². The molecule has 0 aromatic carbocycles. The van der Waals surface area contributed by atoms with Gasteiger partial charge in [0, 0.05) is 18.6 Å². The highest BCUT2D eigenvalue weighted by Crippen LogP contribution is 2.24. The van der Waals surface area contributed by atoms with Gasteiger partial charge in [-0.15, -0.1) is 0 Å². The third kappa shape index (κ3) is 6.57. The third-order valence-corrected chi connectivity index (χ3v) is 3.59. The summed E-state index contributed by atoms with van der Waals surface area (Å²) in [6.45, 7) is 8.34. The van der Waals surface area contributed by atoms with Crippen LogP contribution in [0.5, 0.6) is 0 Å². The molecule has 1 fully saturated rings. The van der Waals surface area contributed by atoms with E-state index < -0.39 is 5.60 Å². The highest BCUT2D eigenvalue weighted by Gasteiger charge is 2.27. The van der Waals surface area contributed by atoms with E-state index in [-0.39, 0.29) is 18.7 Å². The Morgan fingerprint density at radius 1 is 1.35 bits per heavy atom. The standard InChI is InChI=1S/C15H30N2O3/c1-11(10-18)17-13-8-6-5-7-12(13)9-16-14(19)20-15(2,3)4/h11-13,17-18H,5-10H2,1-4H3,(H,16,19). The molecule has 3 N–H and O–H groups in total. The number of hydrogen-bond acceptors (Lipinski definition) is 4. The molecule has 1 saturated carbocycles. The molecule has 1 amide bonds. The van der Waals surface area contributed by atoms with Crippen LogP contribution in [-0.4, -0.2) is 42.0 Å². The summed E-state index contributed by atoms with van der Waals surface area (Å²) in [5, 5.41) is 15.5. The average Bonchev–Trinajstić information content (AvgIpc) is 2.35. The van der Waals surface area contributed by atoms with Gasteiger partial charge in [0.1, 0.15) is 5.60 Å². The molecule has 1 aliphatic rings. The number of carbonyl (C=O) groups is 1. The van der Waals surface area contributed by atoms with E-state index in [9.17, 15) is 4.79 Å². The summed E-state index contributed by atoms with van der Waals surface area (Å²) in [6.07, 6.45) is 4.26. The first-order chi connectivity index (χ1) is 9.31. The van der Waals surface area contributed by atoms with Gasteiger partial charge in [-0.1, -0.05) is 12.8 Å². The molecule has 0 heterocycles. The molecular formula is C15H30N2O3. The Kier molecular flexibility index (Phi) is 6.76. The number of carbonyl (C=O) groups excluding carboxylic acids is 1. The number of aliphatic hydroxyl groups excluding tert-OH is 1. The maximum absolute atomic E-state index is 11.7. The third-order valence-electron chi connectivity index (χ3n) is 3.59. The second-order valence-corrected chi connectivity index (χ2v) is 6.78. The molecule has 5 nitrogen and oxygen atoms in total. The summed E-state index contributed by atoms with van der Waals surface area (Å²) in [6, 6.07) is 0.461. The zero-order valence-electron chi connectivity index (χ0n) is 13.2. The lowest BCUT2D eigenvalue weighted by molar-refractivity contribution is 0.0509. The fraction of sp³-hybridized carbons (Fsp3) is 0.933. The zero-order chi connectivity index (χ0) is 15.2. The molecule has 3 atom stereocenters. The molecule has 0 saturated heterocycles. The molecule has 5 heteroatoms. The molecule has 118 valence electrons. The van der Waals surface area contributed by atoms with E-state index in [2.05, 4.69) is 10.6 Å². The lowest BCUT2D eigenvalue weighted by Gasteiger charge is -2.34. The minimum Gasteiger partial charge on any atom is -0.444 e. The summed E-state index contributed by atoms with van der Waals surface area (Å²) in [4.78, 5) is 11.7. The first-order valence-electron chi connectivity index (χ1n) is 7.65. The van der Waals surface area contributed by atoms with Crippen molar-refractivity contribution in [2.75, 3.05) is 13.2 Å². The first-order valence-corrected chi connectivity index (χ1v) is 7.65. The van der Waals surface area contributed by atoms with Gasteiger partial charge in [-0.2, -0.15) is 0 Å². The largest absolute Gasteiger partial charge is 0.444 e. The molecule has 1 aliphatic carbocycles. The van der Waals surface area contributed by atoms with Crippen LogP contribution in [0.2, 0.25) is 0 Å². The van der Waals surface area contributed by atoms with E-state index in [4.69, 9.17) is 9.84 Å². The molecule has 20 heavy (non-hydrogen) atoms. The van der Waals surface area contributed by atoms with Crippen LogP contribution in [0.4, 0.5) is 4.79 Å². The number of alkyl carbamates (subject to hydrolysis) is 1. The molecular weight excluding hydrogens is 256 g/mol. The minimum atomic E-state index is -0.459. The van der Waals surface area contributed by atoms with Crippen LogP contribution in [0, 0.1) is 5.92 Å². The normalized spacial score (nSPS) is 25.1. The van der Waals surface area contributed by atoms with Crippen molar-refractivity contribution in [2.24, 2.45) is 5.92 Å². The van der Waals surface area contributed by atoms with Crippen molar-refractivity contribution in [3.05, 3.63) is 0 Å². The van der Waals surface area contributed by atoms with Crippen molar-refractivity contribution < 1.29 is 14.6 Å². The van der Waals surface area contributed by atoms with Crippen molar-refractivity contribution in [3.63, 3.8) is 0 Å². The highest BCUT2D eigenvalue weighted by molar-refractivity contribution is 5.67. The molecule has 0 bridgehead atoms. The SMILES string of the molecule is CC(CO)NC1CCCCC1CNC(=O)OC(C)(C)C. The van der Waals surface area contributed by atoms with Crippen molar-refractivity contribution in [1.29, 1.82) is 0 Å². The Morgan fingerprint density at radius 3 is 2.60 bits per heavy atom. The lowest BCUT2D eigenvalue weighted by Crippen LogP contribution is -2.48. The van der Waals surface area contributed by atoms with Crippen molar-refractivity contribution >= 4 is 6.09 Å². The monoisotopic (exact) mass is 286 g/mol. The van der Waals surface area contributed by atoms with Crippen molar-refractivity contribution in [1.82, 2.24) is 10.6 Å². The van der Waals surface area contributed by atoms with E-state index in [1.54, 1.807) is 0 Å². The zero-order valence-corrected chi connectivity index (χ0v) is 13.2. The topological polar surface area (TPSA) is 70.6 Å². The maximum atomic E-state index is 11.7. The minimum absolute atomic E-state index is 0.0992. The Bertz CT molecular complexity index is 302. The summed E-state index contributed by atoms with van der Waals surface area (Å²) in [7, 11) is 0. The van der Waals surface area contributed by atoms with E-state index in [1.807, 2.05) is 27.7 Å². The van der Waals surface area contributed by atoms with Crippen LogP contribution in [0.3, 0.4) is 0 Å². The van der Waals surface area contributed by atoms with Crippen molar-refractivity contribution in [3.8, 4) is 0 Å². The lowest BCUT2D eigenvalue weighted by atomic mass is 9.84. The quantitative estimate of drug-likeness (QED) is 0.723. The Labute approximate surface area is 122 Å². The molecule has 0 radical (unpaired) electrons. The van der Waals surface area contributed by atoms with Gasteiger partial charge in [-0.3, -0.25) is 0 Å². The fourth-order valence-electron chi connectivity index (χ4n) is 2.62. The van der Waals surface area contributed by atoms with Crippen LogP contribution in [0.1, 0.15) is 53.4 Å². The number of aliphatic hydroxyl groups is 1. The predicted octanol–water partition coefficient (Wildman–Crippen LogP) is 2.04. The molecule has 0 spiro atoms. The first kappa shape index (κ1) is 17.2. The van der Waals surface area contributed by atoms with Gasteiger partial charge in [0.2, 0.25) is 0 Å². The van der Waals surface area contributed by atoms with Gasteiger partial charge in [0.05, 0.1) is 6.61 Å². The molecule has 0 aliphatic heterocycles. The van der Waals surface area contributed by atoms with E-state index in [0.717, 1.165) is 12.8 Å². The summed E-state index contributed by atoms with van der Waals surface area (Å²) in [5.41, 5.74) is -0.459. The second-order valence-electron chi connectivity index (χ2n) is 6.78. The molecule has 0 aromatic heterocycles. The van der Waals surface area contributed by atoms with Gasteiger partial charge >= 0.3 is 6.09 Å². The van der Waals surface area contributed by atoms with Crippen LogP contribution in [0.15, 0.2) is 0 Å². The Balaban J connectivity index is 2.40. The Morgan fingerprint density at radius 2 is 2.00 bits per heavy atom. The number of ether oxygens (including phenoxy) is 1. The van der Waals surface area contributed by atoms with Gasteiger partial charge < -0.3 is 20.5 Å². The second kappa shape index (κ2) is 7.84. The number of rotatable bonds is 5. The van der Waals surface area contributed by atoms with Gasteiger partial charge in [0.15, 0.2) is 0 Å². The fourth-order valence-corrected chi connectivity index (χ4v) is 2.62. The van der Waals surface area contributed by atoms with Crippen LogP contribution < -0.4 is 10.6 Å². The van der Waals surface area contributed by atoms with E-state index >= 15 is 0 Å². The summed E-state index contributed by atoms with van der Waals surface area (Å²) >= 11 is 0. The highest BCUT2D eigenvalue weighted by atomic mass is 16.6. The van der Waals surface area contributed by atoms with Gasteiger partial charge in [-0.05, 0) is 46.5 Å². The molecule has 1 rings (SSSR count). The van der Waals surface area contributed by atoms with Crippen molar-refractivity contribution in [2.45, 2.75) is 71.1 Å². The predicted molar refractivity (Wildman–Crippen MR) is 79.7 cm³/mol. The van der Waals surface area contributed by atoms with Gasteiger partial charge in [0.25, 0.3) is 0 Å². The van der Waals surface area contributed by atoms with Crippen LogP contribution >= 0.6 is 0 Å². The molecule has 0 aromatic rings. The maximum Gasteiger partial charge on any atom is 0.407 e. The van der Waals surface area contributed by atoms with E-state index in [0.29, 0.717) is 18.5 Å². The number of hydrogen-bond donors (Lipinski definition) is 3. The molecule has 3 unspecified atom stereocenters. The smallest absolute Gasteiger partial charge is 0.407 e. The van der Waals surface area contributed by atoms with Gasteiger partial charge in [-0.25, -0.2) is 4.79 Å². The van der Waals surface area contributed by atoms with Crippen LogP contribution in [0.25, 0.3) is 0 Å².